The van der Waals surface area contributed by atoms with Crippen molar-refractivity contribution in [2.24, 2.45) is 0 Å². The van der Waals surface area contributed by atoms with Gasteiger partial charge < -0.3 is 43.1 Å². The Labute approximate surface area is 180 Å². The van der Waals surface area contributed by atoms with Crippen molar-refractivity contribution >= 4 is 24.3 Å². The molecule has 0 saturated heterocycles. The van der Waals surface area contributed by atoms with Crippen molar-refractivity contribution < 1.29 is 49.9 Å². The van der Waals surface area contributed by atoms with Gasteiger partial charge in [-0.05, 0) is 34.7 Å². The molecule has 0 fully saturated rings. The van der Waals surface area contributed by atoms with Gasteiger partial charge in [-0.25, -0.2) is 0 Å². The molecule has 0 aliphatic carbocycles. The summed E-state index contributed by atoms with van der Waals surface area (Å²) in [7, 11) is 0. The number of nitrogens with zero attached hydrogens (tertiary/aromatic N) is 14. The van der Waals surface area contributed by atoms with Crippen molar-refractivity contribution in [1.29, 1.82) is 0 Å². The van der Waals surface area contributed by atoms with Gasteiger partial charge in [-0.2, -0.15) is 20.9 Å². The van der Waals surface area contributed by atoms with Crippen molar-refractivity contribution in [2.45, 2.75) is 0 Å². The maximum absolute atomic E-state index is 3.69. The van der Waals surface area contributed by atoms with Crippen LogP contribution >= 0.6 is 0 Å². The number of hydrogen-bond acceptors (Lipinski definition) is 12. The van der Waals surface area contributed by atoms with Gasteiger partial charge in [0.2, 0.25) is 0 Å². The van der Waals surface area contributed by atoms with Gasteiger partial charge in [0.25, 0.3) is 0 Å². The van der Waals surface area contributed by atoms with Crippen molar-refractivity contribution in [3.05, 3.63) is 23.3 Å². The SMILES string of the molecule is C(=C\c1nnn[n-]1)/c1nn[nH]n1.C(=C\c1nnn[n-]1)/c1nn[nH]n1.O.O.[Mn+2].[OH3+].[OH3+].[OH3+].[OH3+]. The fourth-order valence-electron chi connectivity index (χ4n) is 1.22. The number of rotatable bonds is 4. The van der Waals surface area contributed by atoms with E-state index in [1.807, 2.05) is 0 Å². The molecule has 0 bridgehead atoms. The van der Waals surface area contributed by atoms with Crippen LogP contribution in [0.2, 0.25) is 0 Å². The molecule has 4 aromatic rings. The van der Waals surface area contributed by atoms with E-state index in [0.717, 1.165) is 0 Å². The number of hydrogen-bond donors (Lipinski definition) is 2. The Hall–Kier alpha value is -3.96. The molecule has 4 aromatic heterocycles. The fraction of sp³-hybridized carbons (Fsp3) is 0. The van der Waals surface area contributed by atoms with Gasteiger partial charge >= 0.3 is 17.1 Å². The summed E-state index contributed by atoms with van der Waals surface area (Å²) in [6.45, 7) is 0. The molecule has 0 unspecified atom stereocenters. The van der Waals surface area contributed by atoms with Gasteiger partial charge in [0.1, 0.15) is 0 Å². The Morgan fingerprint density at radius 3 is 1.23 bits per heavy atom. The summed E-state index contributed by atoms with van der Waals surface area (Å²) in [5.74, 6) is 1.75. The molecule has 23 heteroatoms. The van der Waals surface area contributed by atoms with Crippen molar-refractivity contribution in [1.82, 2.24) is 82.5 Å². The van der Waals surface area contributed by atoms with Crippen LogP contribution in [0.25, 0.3) is 24.3 Å². The average Bonchev–Trinajstić information content (AvgIpc) is 3.43. The molecular weight excluding hydrogens is 471 g/mol. The number of H-pyrrole nitrogens is 2. The van der Waals surface area contributed by atoms with Gasteiger partial charge in [-0.1, -0.05) is 0 Å². The maximum Gasteiger partial charge on any atom is 2.00 e. The van der Waals surface area contributed by atoms with E-state index in [4.69, 9.17) is 0 Å². The number of aromatic nitrogens is 16. The Morgan fingerprint density at radius 2 is 0.968 bits per heavy atom. The van der Waals surface area contributed by atoms with Crippen LogP contribution in [0.1, 0.15) is 23.3 Å². The van der Waals surface area contributed by atoms with E-state index in [0.29, 0.717) is 23.3 Å². The Morgan fingerprint density at radius 1 is 0.581 bits per heavy atom. The Kier molecular flexibility index (Phi) is 25.3. The van der Waals surface area contributed by atoms with Crippen molar-refractivity contribution in [2.75, 3.05) is 0 Å². The summed E-state index contributed by atoms with van der Waals surface area (Å²) in [4.78, 5) is 0. The third-order valence-electron chi connectivity index (χ3n) is 2.16. The average molecular weight is 493 g/mol. The van der Waals surface area contributed by atoms with Crippen LogP contribution in [0.5, 0.6) is 0 Å². The van der Waals surface area contributed by atoms with Gasteiger partial charge in [-0.3, -0.25) is 20.6 Å². The van der Waals surface area contributed by atoms with Crippen LogP contribution in [-0.2, 0) is 39.0 Å². The van der Waals surface area contributed by atoms with Gasteiger partial charge in [0.15, 0.2) is 11.6 Å². The van der Waals surface area contributed by atoms with Crippen LogP contribution in [-0.4, -0.2) is 83.3 Å². The number of tetrazole rings is 4. The maximum atomic E-state index is 3.69. The number of aromatic amines is 2. The van der Waals surface area contributed by atoms with Crippen LogP contribution < -0.4 is 10.2 Å². The second-order valence-electron chi connectivity index (χ2n) is 3.68. The molecule has 4 heterocycles. The molecule has 1 radical (unpaired) electrons. The zero-order valence-corrected chi connectivity index (χ0v) is 16.4. The largest absolute Gasteiger partial charge is 2.00 e. The van der Waals surface area contributed by atoms with Gasteiger partial charge in [0, 0.05) is 11.6 Å². The van der Waals surface area contributed by atoms with E-state index >= 15 is 0 Å². The first kappa shape index (κ1) is 37.7. The molecule has 4 rings (SSSR count). The van der Waals surface area contributed by atoms with E-state index in [1.54, 1.807) is 24.3 Å². The molecule has 31 heavy (non-hydrogen) atoms. The van der Waals surface area contributed by atoms with E-state index in [2.05, 4.69) is 82.5 Å². The summed E-state index contributed by atoms with van der Waals surface area (Å²) < 4.78 is 0. The molecule has 0 spiro atoms. The first-order chi connectivity index (χ1) is 11.9. The minimum atomic E-state index is 0. The van der Waals surface area contributed by atoms with E-state index in [-0.39, 0.29) is 49.9 Å². The molecule has 18 N–H and O–H groups in total. The third-order valence-corrected chi connectivity index (χ3v) is 2.16. The van der Waals surface area contributed by atoms with Crippen molar-refractivity contribution in [3.8, 4) is 0 Å². The van der Waals surface area contributed by atoms with E-state index < -0.39 is 0 Å². The summed E-state index contributed by atoms with van der Waals surface area (Å²) >= 11 is 0. The van der Waals surface area contributed by atoms with Gasteiger partial charge in [-0.15, -0.1) is 20.4 Å². The zero-order valence-electron chi connectivity index (χ0n) is 15.3. The Bertz CT molecular complexity index is 719. The quantitative estimate of drug-likeness (QED) is 0.197. The monoisotopic (exact) mass is 493 g/mol. The molecule has 0 aliphatic rings. The second-order valence-corrected chi connectivity index (χ2v) is 3.68. The molecule has 0 aromatic carbocycles. The first-order valence-electron chi connectivity index (χ1n) is 6.10. The molecule has 0 aliphatic heterocycles. The standard InChI is InChI=1S/2C4H3N8.Mn.6H2O/c2*1(3-5-9-10-6-3)2-4-7-11-12-8-4;;;;;;;/h2*1-2H,(H-,5,6,7,8,9,10,11,12);;6*1H2/q2*-1;+2;;;;;;/p+4/b2*2-1+;;;;;;;. The molecule has 0 amide bonds. The minimum Gasteiger partial charge on any atom is -0.457 e. The van der Waals surface area contributed by atoms with E-state index in [1.165, 1.54) is 0 Å². The molecular formula is C8H22MnN16O6+4. The van der Waals surface area contributed by atoms with Crippen LogP contribution in [0.4, 0.5) is 0 Å². The fourth-order valence-corrected chi connectivity index (χ4v) is 1.22. The molecule has 173 valence electrons. The predicted molar refractivity (Wildman–Crippen MR) is 99.2 cm³/mol. The summed E-state index contributed by atoms with van der Waals surface area (Å²) in [5.41, 5.74) is 0. The molecule has 0 atom stereocenters. The normalized spacial score (nSPS) is 8.52. The molecule has 0 saturated carbocycles. The Balaban J connectivity index is -0.000000119. The topological polar surface area (TPSA) is 409 Å². The minimum absolute atomic E-state index is 0. The first-order valence-corrected chi connectivity index (χ1v) is 6.10. The van der Waals surface area contributed by atoms with Crippen LogP contribution in [0, 0.1) is 0 Å². The summed E-state index contributed by atoms with van der Waals surface area (Å²) in [5, 5.41) is 53.5. The zero-order chi connectivity index (χ0) is 16.5. The molecule has 22 nitrogen and oxygen atoms in total. The summed E-state index contributed by atoms with van der Waals surface area (Å²) in [6.07, 6.45) is 6.38. The second kappa shape index (κ2) is 20.8. The predicted octanol–water partition coefficient (Wildman–Crippen LogP) is -8.31. The van der Waals surface area contributed by atoms with Crippen molar-refractivity contribution in [3.63, 3.8) is 0 Å². The van der Waals surface area contributed by atoms with Crippen LogP contribution in [0.3, 0.4) is 0 Å². The van der Waals surface area contributed by atoms with Crippen LogP contribution in [0.15, 0.2) is 0 Å². The van der Waals surface area contributed by atoms with E-state index in [9.17, 15) is 0 Å². The van der Waals surface area contributed by atoms with Gasteiger partial charge in [0.05, 0.1) is 0 Å². The summed E-state index contributed by atoms with van der Waals surface area (Å²) in [6, 6.07) is 0. The number of nitrogens with one attached hydrogen (secondary N) is 2. The smallest absolute Gasteiger partial charge is 0.457 e. The third kappa shape index (κ3) is 13.0.